The molecule has 1 heterocycles. The Hall–Kier alpha value is -2.45. The van der Waals surface area contributed by atoms with E-state index < -0.39 is 10.0 Å². The van der Waals surface area contributed by atoms with Gasteiger partial charge >= 0.3 is 0 Å². The first kappa shape index (κ1) is 21.3. The molecule has 1 aliphatic heterocycles. The van der Waals surface area contributed by atoms with Crippen LogP contribution in [-0.4, -0.2) is 38.8 Å². The molecule has 2 aromatic carbocycles. The number of aryl methyl sites for hydroxylation is 1. The van der Waals surface area contributed by atoms with Crippen LogP contribution in [0.25, 0.3) is 0 Å². The highest BCUT2D eigenvalue weighted by molar-refractivity contribution is 7.89. The van der Waals surface area contributed by atoms with Crippen molar-refractivity contribution in [1.82, 2.24) is 14.9 Å². The molecule has 156 valence electrons. The minimum Gasteiger partial charge on any atom is -0.352 e. The molecule has 0 spiro atoms. The van der Waals surface area contributed by atoms with Gasteiger partial charge in [0.2, 0.25) is 10.0 Å². The Morgan fingerprint density at radius 2 is 1.62 bits per heavy atom. The summed E-state index contributed by atoms with van der Waals surface area (Å²) < 4.78 is 40.3. The smallest absolute Gasteiger partial charge is 0.243 e. The quantitative estimate of drug-likeness (QED) is 0.559. The minimum absolute atomic E-state index is 0.226. The first-order valence-electron chi connectivity index (χ1n) is 9.69. The molecule has 6 nitrogen and oxygen atoms in total. The largest absolute Gasteiger partial charge is 0.352 e. The molecule has 1 fully saturated rings. The molecule has 3 rings (SSSR count). The summed E-state index contributed by atoms with van der Waals surface area (Å²) in [5.41, 5.74) is 2.38. The van der Waals surface area contributed by atoms with Gasteiger partial charge in [0.25, 0.3) is 0 Å². The van der Waals surface area contributed by atoms with E-state index in [1.807, 2.05) is 6.07 Å². The predicted molar refractivity (Wildman–Crippen MR) is 113 cm³/mol. The van der Waals surface area contributed by atoms with Crippen LogP contribution in [0.3, 0.4) is 0 Å². The molecule has 0 aliphatic carbocycles. The molecule has 1 aliphatic rings. The third-order valence-electron chi connectivity index (χ3n) is 5.01. The van der Waals surface area contributed by atoms with Crippen LogP contribution in [0, 0.1) is 12.7 Å². The van der Waals surface area contributed by atoms with Crippen LogP contribution in [0.2, 0.25) is 0 Å². The Kier molecular flexibility index (Phi) is 6.87. The number of guanidine groups is 1. The van der Waals surface area contributed by atoms with Gasteiger partial charge in [-0.15, -0.1) is 0 Å². The van der Waals surface area contributed by atoms with Crippen molar-refractivity contribution in [3.05, 3.63) is 65.0 Å². The third-order valence-corrected chi connectivity index (χ3v) is 6.92. The zero-order valence-electron chi connectivity index (χ0n) is 16.8. The molecule has 29 heavy (non-hydrogen) atoms. The van der Waals surface area contributed by atoms with Gasteiger partial charge in [0.1, 0.15) is 5.82 Å². The van der Waals surface area contributed by atoms with Gasteiger partial charge in [-0.25, -0.2) is 12.8 Å². The first-order valence-corrected chi connectivity index (χ1v) is 11.1. The minimum atomic E-state index is -3.39. The van der Waals surface area contributed by atoms with E-state index in [0.717, 1.165) is 24.0 Å². The molecule has 2 N–H and O–H groups in total. The molecule has 0 aromatic heterocycles. The van der Waals surface area contributed by atoms with E-state index in [-0.39, 0.29) is 5.82 Å². The fourth-order valence-corrected chi connectivity index (χ4v) is 4.71. The van der Waals surface area contributed by atoms with E-state index in [1.54, 1.807) is 48.6 Å². The lowest BCUT2D eigenvalue weighted by molar-refractivity contribution is 0.477. The zero-order valence-corrected chi connectivity index (χ0v) is 17.6. The van der Waals surface area contributed by atoms with Crippen molar-refractivity contribution in [2.45, 2.75) is 37.8 Å². The van der Waals surface area contributed by atoms with Gasteiger partial charge in [0.05, 0.1) is 4.90 Å². The molecule has 0 amide bonds. The van der Waals surface area contributed by atoms with E-state index in [9.17, 15) is 12.8 Å². The summed E-state index contributed by atoms with van der Waals surface area (Å²) in [6.45, 7) is 3.86. The maximum atomic E-state index is 13.7. The number of benzene rings is 2. The normalized spacial score (nSPS) is 15.5. The topological polar surface area (TPSA) is 73.8 Å². The summed E-state index contributed by atoms with van der Waals surface area (Å²) in [6, 6.07) is 12.0. The summed E-state index contributed by atoms with van der Waals surface area (Å²) >= 11 is 0. The highest BCUT2D eigenvalue weighted by Gasteiger charge is 2.26. The van der Waals surface area contributed by atoms with Crippen molar-refractivity contribution >= 4 is 16.0 Å². The second-order valence-electron chi connectivity index (χ2n) is 7.12. The molecule has 0 unspecified atom stereocenters. The van der Waals surface area contributed by atoms with Gasteiger partial charge in [0.15, 0.2) is 5.96 Å². The molecular formula is C21H27FN4O2S. The fourth-order valence-electron chi connectivity index (χ4n) is 3.20. The molecule has 8 heteroatoms. The molecule has 2 aromatic rings. The lowest BCUT2D eigenvalue weighted by atomic mass is 10.1. The van der Waals surface area contributed by atoms with E-state index in [1.165, 1.54) is 6.07 Å². The molecule has 1 saturated heterocycles. The second kappa shape index (κ2) is 9.37. The maximum Gasteiger partial charge on any atom is 0.243 e. The number of rotatable bonds is 6. The van der Waals surface area contributed by atoms with Gasteiger partial charge in [0, 0.05) is 33.2 Å². The highest BCUT2D eigenvalue weighted by Crippen LogP contribution is 2.21. The maximum absolute atomic E-state index is 13.7. The van der Waals surface area contributed by atoms with Crippen molar-refractivity contribution in [2.24, 2.45) is 4.99 Å². The second-order valence-corrected chi connectivity index (χ2v) is 9.06. The lowest BCUT2D eigenvalue weighted by Gasteiger charge is -2.16. The van der Waals surface area contributed by atoms with Crippen molar-refractivity contribution in [3.8, 4) is 0 Å². The molecule has 0 saturated carbocycles. The van der Waals surface area contributed by atoms with Crippen LogP contribution in [0.4, 0.5) is 4.39 Å². The summed E-state index contributed by atoms with van der Waals surface area (Å²) in [5, 5.41) is 6.33. The SMILES string of the molecule is CN=C(NCc1ccc(S(=O)(=O)N2CCCC2)cc1)NCc1ccc(C)c(F)c1. The van der Waals surface area contributed by atoms with Gasteiger partial charge < -0.3 is 10.6 Å². The molecular weight excluding hydrogens is 391 g/mol. The van der Waals surface area contributed by atoms with Crippen molar-refractivity contribution in [2.75, 3.05) is 20.1 Å². The van der Waals surface area contributed by atoms with Crippen LogP contribution in [0.15, 0.2) is 52.4 Å². The van der Waals surface area contributed by atoms with Crippen molar-refractivity contribution in [3.63, 3.8) is 0 Å². The first-order chi connectivity index (χ1) is 13.9. The fraction of sp³-hybridized carbons (Fsp3) is 0.381. The summed E-state index contributed by atoms with van der Waals surface area (Å²) in [6.07, 6.45) is 1.84. The number of sulfonamides is 1. The average Bonchev–Trinajstić information content (AvgIpc) is 3.27. The Morgan fingerprint density at radius 1 is 1.03 bits per heavy atom. The van der Waals surface area contributed by atoms with E-state index in [2.05, 4.69) is 15.6 Å². The predicted octanol–water partition coefficient (Wildman–Crippen LogP) is 2.78. The average molecular weight is 419 g/mol. The van der Waals surface area contributed by atoms with Gasteiger partial charge in [-0.1, -0.05) is 24.3 Å². The standard InChI is InChI=1S/C21H27FN4O2S/c1-16-5-6-18(13-20(16)22)15-25-21(23-2)24-14-17-7-9-19(10-8-17)29(27,28)26-11-3-4-12-26/h5-10,13H,3-4,11-12,14-15H2,1-2H3,(H2,23,24,25). The lowest BCUT2D eigenvalue weighted by Crippen LogP contribution is -2.36. The van der Waals surface area contributed by atoms with E-state index in [4.69, 9.17) is 0 Å². The number of halogens is 1. The van der Waals surface area contributed by atoms with E-state index in [0.29, 0.717) is 42.6 Å². The Labute approximate surface area is 171 Å². The summed E-state index contributed by atoms with van der Waals surface area (Å²) in [4.78, 5) is 4.49. The van der Waals surface area contributed by atoms with Crippen LogP contribution in [0.1, 0.15) is 29.5 Å². The van der Waals surface area contributed by atoms with Crippen LogP contribution < -0.4 is 10.6 Å². The number of aliphatic imine (C=N–C) groups is 1. The monoisotopic (exact) mass is 418 g/mol. The summed E-state index contributed by atoms with van der Waals surface area (Å²) in [5.74, 6) is 0.357. The number of nitrogens with zero attached hydrogens (tertiary/aromatic N) is 2. The van der Waals surface area contributed by atoms with Gasteiger partial charge in [-0.2, -0.15) is 4.31 Å². The number of hydrogen-bond acceptors (Lipinski definition) is 3. The van der Waals surface area contributed by atoms with Crippen LogP contribution >= 0.6 is 0 Å². The molecule has 0 radical (unpaired) electrons. The Morgan fingerprint density at radius 3 is 2.21 bits per heavy atom. The van der Waals surface area contributed by atoms with Gasteiger partial charge in [-0.05, 0) is 54.7 Å². The van der Waals surface area contributed by atoms with Crippen molar-refractivity contribution in [1.29, 1.82) is 0 Å². The van der Waals surface area contributed by atoms with Crippen LogP contribution in [-0.2, 0) is 23.1 Å². The summed E-state index contributed by atoms with van der Waals surface area (Å²) in [7, 11) is -1.73. The zero-order chi connectivity index (χ0) is 20.9. The van der Waals surface area contributed by atoms with Crippen molar-refractivity contribution < 1.29 is 12.8 Å². The Balaban J connectivity index is 1.54. The van der Waals surface area contributed by atoms with Gasteiger partial charge in [-0.3, -0.25) is 4.99 Å². The molecule has 0 atom stereocenters. The van der Waals surface area contributed by atoms with Crippen LogP contribution in [0.5, 0.6) is 0 Å². The third kappa shape index (κ3) is 5.33. The number of hydrogen-bond donors (Lipinski definition) is 2. The Bertz CT molecular complexity index is 969. The number of nitrogens with one attached hydrogen (secondary N) is 2. The van der Waals surface area contributed by atoms with E-state index >= 15 is 0 Å². The highest BCUT2D eigenvalue weighted by atomic mass is 32.2. The molecule has 0 bridgehead atoms.